The molecular weight excluding hydrogens is 403 g/mol. The molecule has 0 saturated heterocycles. The van der Waals surface area contributed by atoms with E-state index in [9.17, 15) is 19.1 Å². The molecule has 0 aromatic heterocycles. The number of halogens is 2. The van der Waals surface area contributed by atoms with E-state index in [0.717, 1.165) is 11.6 Å². The van der Waals surface area contributed by atoms with Crippen LogP contribution < -0.4 is 20.1 Å². The molecule has 156 valence electrons. The van der Waals surface area contributed by atoms with Crippen LogP contribution in [0.2, 0.25) is 5.02 Å². The van der Waals surface area contributed by atoms with Crippen molar-refractivity contribution in [3.8, 4) is 11.5 Å². The van der Waals surface area contributed by atoms with Crippen molar-refractivity contribution in [2.24, 2.45) is 0 Å². The number of aliphatic hydroxyl groups is 1. The van der Waals surface area contributed by atoms with Gasteiger partial charge in [0.15, 0.2) is 6.61 Å². The molecule has 0 bridgehead atoms. The van der Waals surface area contributed by atoms with Crippen molar-refractivity contribution in [2.45, 2.75) is 19.4 Å². The lowest BCUT2D eigenvalue weighted by Crippen LogP contribution is -2.37. The highest BCUT2D eigenvalue weighted by Crippen LogP contribution is 2.20. The highest BCUT2D eigenvalue weighted by molar-refractivity contribution is 6.30. The van der Waals surface area contributed by atoms with Gasteiger partial charge in [-0.2, -0.15) is 0 Å². The average molecular weight is 425 g/mol. The van der Waals surface area contributed by atoms with Crippen LogP contribution in [0, 0.1) is 12.7 Å². The number of carbonyl (C=O) groups excluding carboxylic acids is 2. The lowest BCUT2D eigenvalue weighted by molar-refractivity contribution is -0.123. The fourth-order valence-electron chi connectivity index (χ4n) is 2.20. The Labute approximate surface area is 172 Å². The third-order valence-corrected chi connectivity index (χ3v) is 4.08. The Balaban J connectivity index is 1.59. The number of amides is 2. The van der Waals surface area contributed by atoms with Gasteiger partial charge in [-0.15, -0.1) is 0 Å². The second-order valence-corrected chi connectivity index (χ2v) is 6.65. The minimum absolute atomic E-state index is 0.0267. The lowest BCUT2D eigenvalue weighted by atomic mass is 10.2. The summed E-state index contributed by atoms with van der Waals surface area (Å²) in [5.74, 6) is -0.491. The van der Waals surface area contributed by atoms with Crippen LogP contribution in [0.1, 0.15) is 12.0 Å². The first-order valence-electron chi connectivity index (χ1n) is 8.88. The molecule has 0 aliphatic heterocycles. The topological polar surface area (TPSA) is 96.9 Å². The van der Waals surface area contributed by atoms with Gasteiger partial charge in [-0.1, -0.05) is 29.3 Å². The maximum atomic E-state index is 13.3. The largest absolute Gasteiger partial charge is 0.484 e. The summed E-state index contributed by atoms with van der Waals surface area (Å²) in [5, 5.41) is 14.8. The highest BCUT2D eigenvalue weighted by atomic mass is 35.5. The van der Waals surface area contributed by atoms with Gasteiger partial charge in [0.05, 0.1) is 11.1 Å². The molecule has 0 aliphatic carbocycles. The third kappa shape index (κ3) is 8.37. The minimum atomic E-state index is -0.868. The summed E-state index contributed by atoms with van der Waals surface area (Å²) in [4.78, 5) is 23.4. The molecule has 2 amide bonds. The molecule has 0 saturated carbocycles. The van der Waals surface area contributed by atoms with Gasteiger partial charge in [0, 0.05) is 19.2 Å². The second kappa shape index (κ2) is 11.2. The molecule has 1 unspecified atom stereocenters. The first-order valence-corrected chi connectivity index (χ1v) is 9.26. The summed E-state index contributed by atoms with van der Waals surface area (Å²) >= 11 is 5.57. The maximum absolute atomic E-state index is 13.3. The van der Waals surface area contributed by atoms with Crippen LogP contribution in [-0.4, -0.2) is 42.9 Å². The predicted octanol–water partition coefficient (Wildman–Crippen LogP) is 2.82. The normalized spacial score (nSPS) is 11.4. The molecule has 1 atom stereocenters. The van der Waals surface area contributed by atoms with Crippen LogP contribution in [0.25, 0.3) is 0 Å². The van der Waals surface area contributed by atoms with Crippen LogP contribution in [-0.2, 0) is 4.79 Å². The number of aryl methyl sites for hydroxylation is 1. The van der Waals surface area contributed by atoms with Gasteiger partial charge in [0.2, 0.25) is 0 Å². The van der Waals surface area contributed by atoms with E-state index >= 15 is 0 Å². The molecule has 29 heavy (non-hydrogen) atoms. The number of carbonyl (C=O) groups is 2. The monoisotopic (exact) mass is 424 g/mol. The molecule has 9 heteroatoms. The number of hydrogen-bond acceptors (Lipinski definition) is 5. The van der Waals surface area contributed by atoms with Crippen molar-refractivity contribution in [1.29, 1.82) is 0 Å². The second-order valence-electron chi connectivity index (χ2n) is 6.24. The van der Waals surface area contributed by atoms with Crippen LogP contribution >= 0.6 is 11.6 Å². The van der Waals surface area contributed by atoms with E-state index in [-0.39, 0.29) is 36.9 Å². The van der Waals surface area contributed by atoms with E-state index in [1.54, 1.807) is 12.1 Å². The highest BCUT2D eigenvalue weighted by Gasteiger charge is 2.10. The van der Waals surface area contributed by atoms with Gasteiger partial charge in [0.1, 0.15) is 17.3 Å². The minimum Gasteiger partial charge on any atom is -0.484 e. The molecular formula is C20H22ClFN2O5. The molecule has 0 aliphatic rings. The Morgan fingerprint density at radius 3 is 2.52 bits per heavy atom. The number of benzene rings is 2. The molecule has 2 rings (SSSR count). The summed E-state index contributed by atoms with van der Waals surface area (Å²) in [6.45, 7) is 1.76. The molecule has 2 aromatic carbocycles. The van der Waals surface area contributed by atoms with Crippen molar-refractivity contribution in [3.05, 3.63) is 58.9 Å². The molecule has 2 aromatic rings. The molecule has 7 nitrogen and oxygen atoms in total. The maximum Gasteiger partial charge on any atom is 0.412 e. The van der Waals surface area contributed by atoms with Crippen LogP contribution in [0.3, 0.4) is 0 Å². The quantitative estimate of drug-likeness (QED) is 0.575. The molecule has 0 radical (unpaired) electrons. The van der Waals surface area contributed by atoms with Gasteiger partial charge < -0.3 is 25.2 Å². The fraction of sp³-hybridized carbons (Fsp3) is 0.300. The summed E-state index contributed by atoms with van der Waals surface area (Å²) in [6.07, 6.45) is -1.33. The smallest absolute Gasteiger partial charge is 0.412 e. The number of nitrogens with one attached hydrogen (secondary N) is 2. The van der Waals surface area contributed by atoms with Gasteiger partial charge >= 0.3 is 6.09 Å². The van der Waals surface area contributed by atoms with Gasteiger partial charge in [-0.25, -0.2) is 9.18 Å². The van der Waals surface area contributed by atoms with Crippen molar-refractivity contribution >= 4 is 23.6 Å². The number of rotatable bonds is 9. The SMILES string of the molecule is Cc1ccc(OC(=O)NCC(O)CCNC(=O)COc2ccc(Cl)c(F)c2)cc1. The van der Waals surface area contributed by atoms with Crippen LogP contribution in [0.5, 0.6) is 11.5 Å². The molecule has 3 N–H and O–H groups in total. The van der Waals surface area contributed by atoms with Crippen LogP contribution in [0.15, 0.2) is 42.5 Å². The van der Waals surface area contributed by atoms with Gasteiger partial charge in [-0.05, 0) is 37.6 Å². The van der Waals surface area contributed by atoms with Crippen molar-refractivity contribution in [1.82, 2.24) is 10.6 Å². The summed E-state index contributed by atoms with van der Waals surface area (Å²) in [7, 11) is 0. The van der Waals surface area contributed by atoms with Crippen molar-refractivity contribution < 1.29 is 28.6 Å². The Bertz CT molecular complexity index is 832. The van der Waals surface area contributed by atoms with E-state index in [1.165, 1.54) is 12.1 Å². The van der Waals surface area contributed by atoms with E-state index < -0.39 is 23.9 Å². The Hall–Kier alpha value is -2.84. The zero-order chi connectivity index (χ0) is 21.2. The Kier molecular flexibility index (Phi) is 8.69. The first kappa shape index (κ1) is 22.4. The van der Waals surface area contributed by atoms with Gasteiger partial charge in [-0.3, -0.25) is 4.79 Å². The number of ether oxygens (including phenoxy) is 2. The molecule has 0 fully saturated rings. The van der Waals surface area contributed by atoms with Gasteiger partial charge in [0.25, 0.3) is 5.91 Å². The predicted molar refractivity (Wildman–Crippen MR) is 106 cm³/mol. The van der Waals surface area contributed by atoms with E-state index in [4.69, 9.17) is 21.1 Å². The summed E-state index contributed by atoms with van der Waals surface area (Å²) in [6, 6.07) is 10.8. The van der Waals surface area contributed by atoms with E-state index in [2.05, 4.69) is 10.6 Å². The van der Waals surface area contributed by atoms with E-state index in [0.29, 0.717) is 5.75 Å². The Morgan fingerprint density at radius 1 is 1.14 bits per heavy atom. The number of aliphatic hydroxyl groups excluding tert-OH is 1. The lowest BCUT2D eigenvalue weighted by Gasteiger charge is -2.13. The van der Waals surface area contributed by atoms with Crippen LogP contribution in [0.4, 0.5) is 9.18 Å². The third-order valence-electron chi connectivity index (χ3n) is 3.77. The first-order chi connectivity index (χ1) is 13.8. The van der Waals surface area contributed by atoms with Crippen molar-refractivity contribution in [3.63, 3.8) is 0 Å². The number of hydrogen-bond donors (Lipinski definition) is 3. The molecule has 0 spiro atoms. The Morgan fingerprint density at radius 2 is 1.83 bits per heavy atom. The standard InChI is InChI=1S/C20H22ClFN2O5/c1-13-2-4-15(5-3-13)29-20(27)24-11-14(25)8-9-23-19(26)12-28-16-6-7-17(21)18(22)10-16/h2-7,10,14,25H,8-9,11-12H2,1H3,(H,23,26)(H,24,27). The zero-order valence-corrected chi connectivity index (χ0v) is 16.5. The average Bonchev–Trinajstić information content (AvgIpc) is 2.69. The van der Waals surface area contributed by atoms with E-state index in [1.807, 2.05) is 19.1 Å². The molecule has 0 heterocycles. The zero-order valence-electron chi connectivity index (χ0n) is 15.8. The fourth-order valence-corrected chi connectivity index (χ4v) is 2.31. The summed E-state index contributed by atoms with van der Waals surface area (Å²) in [5.41, 5.74) is 1.04. The van der Waals surface area contributed by atoms with Crippen molar-refractivity contribution in [2.75, 3.05) is 19.7 Å². The summed E-state index contributed by atoms with van der Waals surface area (Å²) < 4.78 is 23.5.